The maximum atomic E-state index is 4.52. The number of hydrogen-bond acceptors (Lipinski definition) is 3. The van der Waals surface area contributed by atoms with E-state index in [1.165, 1.54) is 16.3 Å². The summed E-state index contributed by atoms with van der Waals surface area (Å²) in [6, 6.07) is 16.9. The minimum absolute atomic E-state index is 0.753. The summed E-state index contributed by atoms with van der Waals surface area (Å²) in [6.45, 7) is 0. The summed E-state index contributed by atoms with van der Waals surface area (Å²) in [5, 5.41) is 3.47. The summed E-state index contributed by atoms with van der Waals surface area (Å²) < 4.78 is 0.953. The molecule has 3 nitrogen and oxygen atoms in total. The second kappa shape index (κ2) is 5.74. The van der Waals surface area contributed by atoms with Crippen LogP contribution in [0.1, 0.15) is 5.56 Å². The van der Waals surface area contributed by atoms with Crippen LogP contribution in [0.4, 0.5) is 0 Å². The lowest BCUT2D eigenvalue weighted by Crippen LogP contribution is -1.84. The minimum Gasteiger partial charge on any atom is -0.331 e. The molecular formula is C17H12BrN3S. The molecule has 0 fully saturated rings. The maximum absolute atomic E-state index is 4.52. The lowest BCUT2D eigenvalue weighted by Gasteiger charge is -2.04. The molecule has 0 aliphatic carbocycles. The number of thioether (sulfide) groups is 1. The number of H-pyrrole nitrogens is 1. The number of pyridine rings is 1. The number of rotatable bonds is 3. The van der Waals surface area contributed by atoms with Gasteiger partial charge in [-0.2, -0.15) is 0 Å². The second-order valence-corrected chi connectivity index (χ2v) is 6.87. The van der Waals surface area contributed by atoms with Crippen molar-refractivity contribution in [2.24, 2.45) is 0 Å². The molecule has 0 spiro atoms. The normalized spacial score (nSPS) is 11.3. The van der Waals surface area contributed by atoms with Gasteiger partial charge in [0.05, 0.1) is 5.52 Å². The van der Waals surface area contributed by atoms with Crippen LogP contribution >= 0.6 is 27.7 Å². The van der Waals surface area contributed by atoms with E-state index in [-0.39, 0.29) is 0 Å². The van der Waals surface area contributed by atoms with E-state index >= 15 is 0 Å². The molecule has 2 aromatic heterocycles. The first kappa shape index (κ1) is 13.8. The van der Waals surface area contributed by atoms with Crippen molar-refractivity contribution >= 4 is 49.6 Å². The standard InChI is InChI=1S/C17H12BrN3S/c18-13-8-15-16(19-9-13)21-17(20-15)22-10-12-6-3-5-11-4-1-2-7-14(11)12/h1-9H,10H2,(H,19,20,21). The Kier molecular flexibility index (Phi) is 3.60. The van der Waals surface area contributed by atoms with Gasteiger partial charge in [0.1, 0.15) is 0 Å². The maximum Gasteiger partial charge on any atom is 0.178 e. The SMILES string of the molecule is Brc1cnc2nc(SCc3cccc4ccccc34)[nH]c2c1. The van der Waals surface area contributed by atoms with E-state index in [2.05, 4.69) is 73.3 Å². The van der Waals surface area contributed by atoms with E-state index in [9.17, 15) is 0 Å². The summed E-state index contributed by atoms with van der Waals surface area (Å²) in [6.07, 6.45) is 1.77. The Hall–Kier alpha value is -1.85. The third kappa shape index (κ3) is 2.62. The summed E-state index contributed by atoms with van der Waals surface area (Å²) in [7, 11) is 0. The van der Waals surface area contributed by atoms with Crippen molar-refractivity contribution in [3.05, 3.63) is 64.8 Å². The predicted molar refractivity (Wildman–Crippen MR) is 95.1 cm³/mol. The van der Waals surface area contributed by atoms with E-state index in [0.29, 0.717) is 0 Å². The Labute approximate surface area is 140 Å². The van der Waals surface area contributed by atoms with Gasteiger partial charge in [-0.15, -0.1) is 0 Å². The van der Waals surface area contributed by atoms with Crippen molar-refractivity contribution in [3.63, 3.8) is 0 Å². The molecule has 22 heavy (non-hydrogen) atoms. The molecule has 0 aliphatic rings. The number of aromatic nitrogens is 3. The molecule has 2 heterocycles. The molecule has 4 rings (SSSR count). The number of aromatic amines is 1. The van der Waals surface area contributed by atoms with Crippen molar-refractivity contribution in [3.8, 4) is 0 Å². The van der Waals surface area contributed by atoms with Crippen molar-refractivity contribution in [2.75, 3.05) is 0 Å². The third-order valence-electron chi connectivity index (χ3n) is 3.53. The largest absolute Gasteiger partial charge is 0.331 e. The Bertz CT molecular complexity index is 959. The van der Waals surface area contributed by atoms with Gasteiger partial charge in [-0.1, -0.05) is 54.2 Å². The average molecular weight is 370 g/mol. The monoisotopic (exact) mass is 369 g/mol. The predicted octanol–water partition coefficient (Wildman–Crippen LogP) is 5.17. The number of nitrogens with zero attached hydrogens (tertiary/aromatic N) is 2. The molecule has 0 atom stereocenters. The van der Waals surface area contributed by atoms with Crippen LogP contribution in [0.3, 0.4) is 0 Å². The van der Waals surface area contributed by atoms with Crippen LogP contribution in [0, 0.1) is 0 Å². The zero-order chi connectivity index (χ0) is 14.9. The van der Waals surface area contributed by atoms with Gasteiger partial charge in [-0.3, -0.25) is 0 Å². The first-order valence-corrected chi connectivity index (χ1v) is 8.68. The van der Waals surface area contributed by atoms with Gasteiger partial charge in [0, 0.05) is 16.4 Å². The zero-order valence-corrected chi connectivity index (χ0v) is 14.0. The molecule has 0 aliphatic heterocycles. The van der Waals surface area contributed by atoms with Crippen LogP contribution in [0.5, 0.6) is 0 Å². The fourth-order valence-corrected chi connectivity index (χ4v) is 3.69. The fraction of sp³-hybridized carbons (Fsp3) is 0.0588. The van der Waals surface area contributed by atoms with Gasteiger partial charge in [0.2, 0.25) is 0 Å². The van der Waals surface area contributed by atoms with Gasteiger partial charge in [0.25, 0.3) is 0 Å². The molecule has 0 saturated heterocycles. The molecule has 4 aromatic rings. The Balaban J connectivity index is 1.62. The quantitative estimate of drug-likeness (QED) is 0.506. The number of imidazole rings is 1. The fourth-order valence-electron chi connectivity index (χ4n) is 2.49. The lowest BCUT2D eigenvalue weighted by molar-refractivity contribution is 1.07. The van der Waals surface area contributed by atoms with Crippen LogP contribution in [0.15, 0.2) is 64.4 Å². The van der Waals surface area contributed by atoms with Gasteiger partial charge in [-0.05, 0) is 38.3 Å². The average Bonchev–Trinajstić information content (AvgIpc) is 2.95. The van der Waals surface area contributed by atoms with Crippen LogP contribution in [-0.2, 0) is 5.75 Å². The van der Waals surface area contributed by atoms with E-state index in [1.807, 2.05) is 6.07 Å². The highest BCUT2D eigenvalue weighted by atomic mass is 79.9. The molecule has 0 bridgehead atoms. The Morgan fingerprint density at radius 3 is 2.91 bits per heavy atom. The van der Waals surface area contributed by atoms with E-state index in [4.69, 9.17) is 0 Å². The Morgan fingerprint density at radius 1 is 1.09 bits per heavy atom. The first-order chi connectivity index (χ1) is 10.8. The lowest BCUT2D eigenvalue weighted by atomic mass is 10.1. The third-order valence-corrected chi connectivity index (χ3v) is 4.88. The number of benzene rings is 2. The van der Waals surface area contributed by atoms with Gasteiger partial charge < -0.3 is 4.98 Å². The molecular weight excluding hydrogens is 358 g/mol. The molecule has 0 saturated carbocycles. The second-order valence-electron chi connectivity index (χ2n) is 4.99. The molecule has 0 unspecified atom stereocenters. The number of hydrogen-bond donors (Lipinski definition) is 1. The summed E-state index contributed by atoms with van der Waals surface area (Å²) in [4.78, 5) is 12.1. The van der Waals surface area contributed by atoms with Gasteiger partial charge >= 0.3 is 0 Å². The number of nitrogens with one attached hydrogen (secondary N) is 1. The summed E-state index contributed by atoms with van der Waals surface area (Å²) >= 11 is 5.13. The van der Waals surface area contributed by atoms with Crippen molar-refractivity contribution in [2.45, 2.75) is 10.9 Å². The van der Waals surface area contributed by atoms with Crippen LogP contribution < -0.4 is 0 Å². The van der Waals surface area contributed by atoms with Crippen LogP contribution in [0.2, 0.25) is 0 Å². The zero-order valence-electron chi connectivity index (χ0n) is 11.6. The van der Waals surface area contributed by atoms with Crippen molar-refractivity contribution in [1.82, 2.24) is 15.0 Å². The van der Waals surface area contributed by atoms with Gasteiger partial charge in [-0.25, -0.2) is 9.97 Å². The summed E-state index contributed by atoms with van der Waals surface area (Å²) in [5.74, 6) is 0.877. The Morgan fingerprint density at radius 2 is 1.95 bits per heavy atom. The highest BCUT2D eigenvalue weighted by Crippen LogP contribution is 2.27. The van der Waals surface area contributed by atoms with E-state index in [0.717, 1.165) is 26.5 Å². The van der Waals surface area contributed by atoms with E-state index < -0.39 is 0 Å². The van der Waals surface area contributed by atoms with Crippen LogP contribution in [0.25, 0.3) is 21.9 Å². The highest BCUT2D eigenvalue weighted by Gasteiger charge is 2.07. The number of fused-ring (bicyclic) bond motifs is 2. The summed E-state index contributed by atoms with van der Waals surface area (Å²) in [5.41, 5.74) is 3.02. The molecule has 0 amide bonds. The highest BCUT2D eigenvalue weighted by molar-refractivity contribution is 9.10. The molecule has 5 heteroatoms. The molecule has 0 radical (unpaired) electrons. The molecule has 1 N–H and O–H groups in total. The molecule has 2 aromatic carbocycles. The van der Waals surface area contributed by atoms with Gasteiger partial charge in [0.15, 0.2) is 10.8 Å². The van der Waals surface area contributed by atoms with E-state index in [1.54, 1.807) is 18.0 Å². The number of halogens is 1. The first-order valence-electron chi connectivity index (χ1n) is 6.90. The topological polar surface area (TPSA) is 41.6 Å². The van der Waals surface area contributed by atoms with Crippen molar-refractivity contribution < 1.29 is 0 Å². The molecule has 108 valence electrons. The van der Waals surface area contributed by atoms with Crippen LogP contribution in [-0.4, -0.2) is 15.0 Å². The minimum atomic E-state index is 0.753. The smallest absolute Gasteiger partial charge is 0.178 e. The van der Waals surface area contributed by atoms with Crippen molar-refractivity contribution in [1.29, 1.82) is 0 Å².